The largest absolute Gasteiger partial charge is 0.497 e. The molecule has 1 heterocycles. The van der Waals surface area contributed by atoms with Gasteiger partial charge in [-0.25, -0.2) is 9.37 Å². The van der Waals surface area contributed by atoms with E-state index in [4.69, 9.17) is 10.5 Å². The first kappa shape index (κ1) is 13.3. The van der Waals surface area contributed by atoms with E-state index >= 15 is 0 Å². The summed E-state index contributed by atoms with van der Waals surface area (Å²) in [5.41, 5.74) is 7.07. The van der Waals surface area contributed by atoms with Crippen LogP contribution in [-0.2, 0) is 0 Å². The van der Waals surface area contributed by atoms with E-state index < -0.39 is 11.9 Å². The fourth-order valence-corrected chi connectivity index (χ4v) is 1.96. The lowest BCUT2D eigenvalue weighted by molar-refractivity contribution is 0.214. The molecule has 5 heteroatoms. The zero-order valence-electron chi connectivity index (χ0n) is 10.7. The van der Waals surface area contributed by atoms with Crippen LogP contribution in [0.4, 0.5) is 10.2 Å². The predicted molar refractivity (Wildman–Crippen MR) is 70.4 cm³/mol. The maximum Gasteiger partial charge on any atom is 0.133 e. The number of pyridine rings is 1. The maximum atomic E-state index is 13.9. The summed E-state index contributed by atoms with van der Waals surface area (Å²) in [4.78, 5) is 3.92. The lowest BCUT2D eigenvalue weighted by Gasteiger charge is -2.16. The number of hydrogen-bond donors (Lipinski definition) is 2. The quantitative estimate of drug-likeness (QED) is 0.889. The van der Waals surface area contributed by atoms with Gasteiger partial charge in [-0.05, 0) is 30.7 Å². The number of aliphatic hydroxyl groups excluding tert-OH is 1. The van der Waals surface area contributed by atoms with Crippen molar-refractivity contribution < 1.29 is 14.2 Å². The van der Waals surface area contributed by atoms with Crippen LogP contribution in [0.25, 0.3) is 0 Å². The number of aryl methyl sites for hydroxylation is 1. The topological polar surface area (TPSA) is 68.4 Å². The number of nitrogens with zero attached hydrogens (tertiary/aromatic N) is 1. The molecule has 19 heavy (non-hydrogen) atoms. The molecule has 0 aliphatic heterocycles. The third-order valence-electron chi connectivity index (χ3n) is 3.01. The second-order valence-corrected chi connectivity index (χ2v) is 4.22. The zero-order valence-corrected chi connectivity index (χ0v) is 10.7. The molecule has 0 aliphatic rings. The van der Waals surface area contributed by atoms with Crippen molar-refractivity contribution in [3.8, 4) is 5.75 Å². The Labute approximate surface area is 110 Å². The van der Waals surface area contributed by atoms with Gasteiger partial charge in [-0.2, -0.15) is 0 Å². The summed E-state index contributed by atoms with van der Waals surface area (Å²) in [5, 5.41) is 10.3. The number of ether oxygens (including phenoxy) is 1. The first-order valence-electron chi connectivity index (χ1n) is 5.77. The molecule has 4 nitrogen and oxygen atoms in total. The molecule has 0 aliphatic carbocycles. The number of anilines is 1. The van der Waals surface area contributed by atoms with Gasteiger partial charge >= 0.3 is 0 Å². The van der Waals surface area contributed by atoms with Crippen LogP contribution in [0.1, 0.15) is 22.8 Å². The number of aromatic nitrogens is 1. The van der Waals surface area contributed by atoms with Gasteiger partial charge in [-0.3, -0.25) is 0 Å². The molecular weight excluding hydrogens is 247 g/mol. The zero-order chi connectivity index (χ0) is 14.0. The molecule has 1 unspecified atom stereocenters. The number of rotatable bonds is 3. The van der Waals surface area contributed by atoms with E-state index in [0.717, 1.165) is 5.56 Å². The van der Waals surface area contributed by atoms with Gasteiger partial charge in [0.2, 0.25) is 0 Å². The number of methoxy groups -OCH3 is 1. The fraction of sp³-hybridized carbons (Fsp3) is 0.214. The Balaban J connectivity index is 2.47. The van der Waals surface area contributed by atoms with E-state index in [1.54, 1.807) is 25.3 Å². The molecule has 1 aromatic heterocycles. The highest BCUT2D eigenvalue weighted by Gasteiger charge is 2.20. The van der Waals surface area contributed by atoms with Gasteiger partial charge in [-0.1, -0.05) is 0 Å². The average Bonchev–Trinajstić information content (AvgIpc) is 2.38. The minimum atomic E-state index is -1.15. The smallest absolute Gasteiger partial charge is 0.133 e. The van der Waals surface area contributed by atoms with Crippen LogP contribution in [-0.4, -0.2) is 17.2 Å². The Morgan fingerprint density at radius 1 is 1.37 bits per heavy atom. The van der Waals surface area contributed by atoms with Gasteiger partial charge in [0.25, 0.3) is 0 Å². The van der Waals surface area contributed by atoms with Gasteiger partial charge in [-0.15, -0.1) is 0 Å². The minimum Gasteiger partial charge on any atom is -0.497 e. The third-order valence-corrected chi connectivity index (χ3v) is 3.01. The lowest BCUT2D eigenvalue weighted by atomic mass is 9.98. The molecule has 100 valence electrons. The standard InChI is InChI=1S/C14H15FN2O2/c1-8-5-6-17-14(16)12(8)13(18)10-4-3-9(19-2)7-11(10)15/h3-7,13,18H,1-2H3,(H2,16,17). The summed E-state index contributed by atoms with van der Waals surface area (Å²) in [6.07, 6.45) is 0.394. The fourth-order valence-electron chi connectivity index (χ4n) is 1.96. The number of aliphatic hydroxyl groups is 1. The normalized spacial score (nSPS) is 12.2. The second-order valence-electron chi connectivity index (χ2n) is 4.22. The van der Waals surface area contributed by atoms with Crippen LogP contribution in [0.3, 0.4) is 0 Å². The highest BCUT2D eigenvalue weighted by atomic mass is 19.1. The molecule has 1 aromatic carbocycles. The van der Waals surface area contributed by atoms with E-state index in [-0.39, 0.29) is 11.4 Å². The Morgan fingerprint density at radius 3 is 2.68 bits per heavy atom. The van der Waals surface area contributed by atoms with Crippen molar-refractivity contribution in [2.45, 2.75) is 13.0 Å². The first-order chi connectivity index (χ1) is 9.04. The van der Waals surface area contributed by atoms with Crippen LogP contribution in [0.15, 0.2) is 30.5 Å². The van der Waals surface area contributed by atoms with E-state index in [1.165, 1.54) is 19.2 Å². The van der Waals surface area contributed by atoms with Crippen LogP contribution in [0.5, 0.6) is 5.75 Å². The molecule has 0 spiro atoms. The Hall–Kier alpha value is -2.14. The van der Waals surface area contributed by atoms with Crippen LogP contribution in [0, 0.1) is 12.7 Å². The Morgan fingerprint density at radius 2 is 2.11 bits per heavy atom. The van der Waals surface area contributed by atoms with Crippen molar-refractivity contribution in [2.75, 3.05) is 12.8 Å². The average molecular weight is 262 g/mol. The number of nitrogens with two attached hydrogens (primary N) is 1. The highest BCUT2D eigenvalue weighted by molar-refractivity contribution is 5.49. The predicted octanol–water partition coefficient (Wildman–Crippen LogP) is 2.20. The Kier molecular flexibility index (Phi) is 3.66. The van der Waals surface area contributed by atoms with E-state index in [9.17, 15) is 9.50 Å². The number of nitrogen functional groups attached to an aromatic ring is 1. The molecule has 2 aromatic rings. The molecule has 3 N–H and O–H groups in total. The first-order valence-corrected chi connectivity index (χ1v) is 5.77. The van der Waals surface area contributed by atoms with E-state index in [2.05, 4.69) is 4.98 Å². The second kappa shape index (κ2) is 5.24. The SMILES string of the molecule is COc1ccc(C(O)c2c(C)ccnc2N)c(F)c1. The summed E-state index contributed by atoms with van der Waals surface area (Å²) < 4.78 is 18.9. The molecule has 0 radical (unpaired) electrons. The molecule has 1 atom stereocenters. The van der Waals surface area contributed by atoms with Crippen molar-refractivity contribution >= 4 is 5.82 Å². The number of benzene rings is 1. The molecular formula is C14H15FN2O2. The van der Waals surface area contributed by atoms with Crippen LogP contribution >= 0.6 is 0 Å². The van der Waals surface area contributed by atoms with Gasteiger partial charge < -0.3 is 15.6 Å². The van der Waals surface area contributed by atoms with Crippen LogP contribution in [0.2, 0.25) is 0 Å². The number of hydrogen-bond acceptors (Lipinski definition) is 4. The van der Waals surface area contributed by atoms with Crippen molar-refractivity contribution in [3.63, 3.8) is 0 Å². The summed E-state index contributed by atoms with van der Waals surface area (Å²) in [6, 6.07) is 6.00. The third kappa shape index (κ3) is 2.51. The summed E-state index contributed by atoms with van der Waals surface area (Å²) in [7, 11) is 1.45. The van der Waals surface area contributed by atoms with Gasteiger partial charge in [0.05, 0.1) is 7.11 Å². The summed E-state index contributed by atoms with van der Waals surface area (Å²) in [5.74, 6) is 0.0431. The van der Waals surface area contributed by atoms with E-state index in [1.807, 2.05) is 0 Å². The molecule has 0 saturated carbocycles. The van der Waals surface area contributed by atoms with Crippen molar-refractivity contribution in [2.24, 2.45) is 0 Å². The van der Waals surface area contributed by atoms with Crippen LogP contribution < -0.4 is 10.5 Å². The molecule has 2 rings (SSSR count). The Bertz CT molecular complexity index is 582. The lowest BCUT2D eigenvalue weighted by Crippen LogP contribution is -2.09. The molecule has 0 amide bonds. The number of halogens is 1. The maximum absolute atomic E-state index is 13.9. The monoisotopic (exact) mass is 262 g/mol. The highest BCUT2D eigenvalue weighted by Crippen LogP contribution is 2.31. The molecule has 0 bridgehead atoms. The van der Waals surface area contributed by atoms with Gasteiger partial charge in [0, 0.05) is 23.4 Å². The van der Waals surface area contributed by atoms with Gasteiger partial charge in [0.15, 0.2) is 0 Å². The molecule has 0 fully saturated rings. The van der Waals surface area contributed by atoms with Crippen molar-refractivity contribution in [3.05, 3.63) is 53.0 Å². The summed E-state index contributed by atoms with van der Waals surface area (Å²) in [6.45, 7) is 1.79. The van der Waals surface area contributed by atoms with Crippen molar-refractivity contribution in [1.29, 1.82) is 0 Å². The van der Waals surface area contributed by atoms with Crippen molar-refractivity contribution in [1.82, 2.24) is 4.98 Å². The summed E-state index contributed by atoms with van der Waals surface area (Å²) >= 11 is 0. The minimum absolute atomic E-state index is 0.142. The van der Waals surface area contributed by atoms with E-state index in [0.29, 0.717) is 11.3 Å². The molecule has 0 saturated heterocycles. The van der Waals surface area contributed by atoms with Gasteiger partial charge in [0.1, 0.15) is 23.5 Å².